The number of anilines is 4. The smallest absolute Gasteiger partial charge is 0.269 e. The lowest BCUT2D eigenvalue weighted by atomic mass is 10.1. The number of rotatable bonds is 12. The highest BCUT2D eigenvalue weighted by molar-refractivity contribution is 6.32. The van der Waals surface area contributed by atoms with Crippen LogP contribution in [0.4, 0.5) is 46.0 Å². The molecule has 8 fully saturated rings. The molecule has 4 aromatic carbocycles. The molecule has 4 aromatic heterocycles. The van der Waals surface area contributed by atoms with E-state index in [4.69, 9.17) is 70.3 Å². The van der Waals surface area contributed by atoms with Gasteiger partial charge in [-0.1, -0.05) is 23.2 Å². The van der Waals surface area contributed by atoms with Crippen LogP contribution in [0.1, 0.15) is 51.4 Å². The number of non-ortho nitro benzene ring substituents is 4. The van der Waals surface area contributed by atoms with Gasteiger partial charge in [-0.05, 0) is 123 Å². The molecule has 8 saturated heterocycles. The van der Waals surface area contributed by atoms with Gasteiger partial charge in [-0.25, -0.2) is 39.9 Å². The third-order valence-corrected chi connectivity index (χ3v) is 18.3. The van der Waals surface area contributed by atoms with Gasteiger partial charge in [-0.3, -0.25) is 40.5 Å². The number of aromatic nitrogens is 8. The molecule has 16 rings (SSSR count). The van der Waals surface area contributed by atoms with E-state index in [2.05, 4.69) is 54.5 Å². The van der Waals surface area contributed by atoms with E-state index in [-0.39, 0.29) is 69.9 Å². The van der Waals surface area contributed by atoms with Crippen molar-refractivity contribution in [2.24, 2.45) is 0 Å². The van der Waals surface area contributed by atoms with Gasteiger partial charge in [0.05, 0.1) is 79.9 Å². The lowest BCUT2D eigenvalue weighted by Gasteiger charge is -2.33. The monoisotopic (exact) mass is 1380 g/mol. The molecule has 8 atom stereocenters. The van der Waals surface area contributed by atoms with Gasteiger partial charge < -0.3 is 38.5 Å². The molecule has 8 aliphatic rings. The Hall–Kier alpha value is -9.00. The normalized spacial score (nSPS) is 22.6. The number of morpholine rings is 4. The Labute approximate surface area is 568 Å². The summed E-state index contributed by atoms with van der Waals surface area (Å²) < 4.78 is 23.4. The molecule has 496 valence electrons. The van der Waals surface area contributed by atoms with Gasteiger partial charge in [0.2, 0.25) is 10.6 Å². The van der Waals surface area contributed by atoms with E-state index in [9.17, 15) is 40.5 Å². The molecule has 0 N–H and O–H groups in total. The zero-order chi connectivity index (χ0) is 66.7. The van der Waals surface area contributed by atoms with Crippen LogP contribution in [-0.4, -0.2) is 161 Å². The van der Waals surface area contributed by atoms with Gasteiger partial charge in [0, 0.05) is 147 Å². The van der Waals surface area contributed by atoms with Crippen LogP contribution in [0.5, 0.6) is 0 Å². The average molecular weight is 1390 g/mol. The highest BCUT2D eigenvalue weighted by Gasteiger charge is 2.38. The summed E-state index contributed by atoms with van der Waals surface area (Å²) in [6.45, 7) is 6.36. The summed E-state index contributed by atoms with van der Waals surface area (Å²) in [6.07, 6.45) is 10.6. The molecular weight excluding hydrogens is 1330 g/mol. The molecule has 0 spiro atoms. The predicted octanol–water partition coefficient (Wildman–Crippen LogP) is 12.3. The number of hydrogen-bond acceptors (Lipinski definition) is 24. The summed E-state index contributed by atoms with van der Waals surface area (Å²) in [6, 6.07) is 32.0. The van der Waals surface area contributed by atoms with E-state index in [0.29, 0.717) is 56.7 Å². The van der Waals surface area contributed by atoms with Crippen molar-refractivity contribution in [3.63, 3.8) is 0 Å². The second kappa shape index (κ2) is 28.8. The second-order valence-corrected chi connectivity index (χ2v) is 25.6. The Morgan fingerprint density at radius 3 is 0.875 bits per heavy atom. The van der Waals surface area contributed by atoms with Gasteiger partial charge >= 0.3 is 0 Å². The quantitative estimate of drug-likeness (QED) is 0.0474. The van der Waals surface area contributed by atoms with Crippen LogP contribution in [0.3, 0.4) is 0 Å². The summed E-state index contributed by atoms with van der Waals surface area (Å²) >= 11 is 23.9. The van der Waals surface area contributed by atoms with Gasteiger partial charge in [0.15, 0.2) is 11.6 Å². The van der Waals surface area contributed by atoms with E-state index in [1.54, 1.807) is 60.7 Å². The first kappa shape index (κ1) is 65.7. The van der Waals surface area contributed by atoms with Gasteiger partial charge in [0.1, 0.15) is 33.6 Å². The largest absolute Gasteiger partial charge is 0.371 e. The molecule has 8 aliphatic heterocycles. The van der Waals surface area contributed by atoms with Crippen LogP contribution in [0.15, 0.2) is 121 Å². The molecule has 96 heavy (non-hydrogen) atoms. The SMILES string of the molecule is Clc1cc(N2CC3CCC(C2)O3)nc(Cl)n1.O=[N+]([O-])c1ccc(-c2cc(N3CC4CCC(C3)O4)nc(-c3ccc([N+](=O)[O-])cc3)n2)cc1.O=[N+]([O-])c1ccc(-c2cc(N3CC4CCC(C3)O4)nc(Cl)n2)cc1.O=[N+]([O-])c1ccc(-c2nc(Cl)cc(N3CC4CCC(C3)O4)n2)cc1. The number of halogens is 4. The van der Waals surface area contributed by atoms with Crippen molar-refractivity contribution in [2.75, 3.05) is 72.0 Å². The van der Waals surface area contributed by atoms with Gasteiger partial charge in [-0.15, -0.1) is 0 Å². The topological polar surface area (TPSA) is 326 Å². The highest BCUT2D eigenvalue weighted by Crippen LogP contribution is 2.37. The molecule has 0 saturated carbocycles. The maximum atomic E-state index is 11.0. The molecule has 0 radical (unpaired) electrons. The molecule has 8 unspecified atom stereocenters. The van der Waals surface area contributed by atoms with Crippen LogP contribution in [0, 0.1) is 40.5 Å². The Balaban J connectivity index is 0.000000119. The molecular formula is C64H60Cl4N16O12. The summed E-state index contributed by atoms with van der Waals surface area (Å²) in [5.41, 5.74) is 4.18. The summed E-state index contributed by atoms with van der Waals surface area (Å²) in [4.78, 5) is 85.4. The molecule has 8 aromatic rings. The van der Waals surface area contributed by atoms with E-state index in [0.717, 1.165) is 138 Å². The van der Waals surface area contributed by atoms with Crippen LogP contribution in [0.2, 0.25) is 20.9 Å². The van der Waals surface area contributed by atoms with Crippen LogP contribution < -0.4 is 19.6 Å². The fraction of sp³-hybridized carbons (Fsp3) is 0.375. The third kappa shape index (κ3) is 15.8. The first-order valence-electron chi connectivity index (χ1n) is 31.1. The molecule has 0 amide bonds. The Bertz CT molecular complexity index is 3920. The maximum absolute atomic E-state index is 11.0. The predicted molar refractivity (Wildman–Crippen MR) is 357 cm³/mol. The van der Waals surface area contributed by atoms with Crippen molar-refractivity contribution in [3.05, 3.63) is 183 Å². The fourth-order valence-electron chi connectivity index (χ4n) is 13.0. The highest BCUT2D eigenvalue weighted by atomic mass is 35.5. The van der Waals surface area contributed by atoms with Crippen molar-refractivity contribution in [1.29, 1.82) is 0 Å². The summed E-state index contributed by atoms with van der Waals surface area (Å²) in [5, 5.41) is 44.6. The zero-order valence-electron chi connectivity index (χ0n) is 51.0. The standard InChI is InChI=1S/C22H19N5O5.2C16H15ClN4O3.C10H11Cl2N3O/c28-26(29)16-5-1-14(2-6-16)20-11-21(25-12-18-9-10-19(13-25)32-18)24-22(23-20)15-3-7-17(8-4-15)27(30)31;17-14-7-15(20-8-12-5-6-13(9-20)24-12)19-16(18-14)10-1-3-11(4-2-10)21(22)23;17-16-18-14(10-1-3-11(4-2-10)21(22)23)7-15(19-16)20-8-12-5-6-13(9-20)24-12;11-8-3-9(14-10(12)13-8)15-4-6-1-2-7(5-15)16-6/h1-8,11,18-19H,9-10,12-13H2;2*1-4,7,12-13H,5-6,8-9H2;3,6-7H,1-2,4-5H2. The van der Waals surface area contributed by atoms with Crippen molar-refractivity contribution >= 4 is 92.4 Å². The number of benzene rings is 4. The van der Waals surface area contributed by atoms with Crippen LogP contribution >= 0.6 is 46.4 Å². The van der Waals surface area contributed by atoms with Gasteiger partial charge in [0.25, 0.3) is 22.7 Å². The third-order valence-electron chi connectivity index (χ3n) is 17.6. The number of nitro groups is 4. The molecule has 32 heteroatoms. The number of nitro benzene ring substituents is 4. The molecule has 8 bridgehead atoms. The number of fused-ring (bicyclic) bond motifs is 8. The van der Waals surface area contributed by atoms with Crippen LogP contribution in [-0.2, 0) is 18.9 Å². The van der Waals surface area contributed by atoms with Crippen molar-refractivity contribution in [1.82, 2.24) is 39.9 Å². The van der Waals surface area contributed by atoms with Gasteiger partial charge in [-0.2, -0.15) is 0 Å². The van der Waals surface area contributed by atoms with Crippen LogP contribution in [0.25, 0.3) is 45.3 Å². The van der Waals surface area contributed by atoms with E-state index >= 15 is 0 Å². The Morgan fingerprint density at radius 1 is 0.312 bits per heavy atom. The molecule has 0 aliphatic carbocycles. The maximum Gasteiger partial charge on any atom is 0.269 e. The van der Waals surface area contributed by atoms with Crippen molar-refractivity contribution < 1.29 is 38.6 Å². The first-order chi connectivity index (χ1) is 46.3. The number of hydrogen-bond donors (Lipinski definition) is 0. The second-order valence-electron chi connectivity index (χ2n) is 24.2. The van der Waals surface area contributed by atoms with E-state index in [1.807, 2.05) is 12.1 Å². The lowest BCUT2D eigenvalue weighted by Crippen LogP contribution is -2.43. The number of nitrogens with zero attached hydrogens (tertiary/aromatic N) is 16. The van der Waals surface area contributed by atoms with E-state index in [1.165, 1.54) is 48.5 Å². The average Bonchev–Trinajstić information content (AvgIpc) is 1.26. The Kier molecular flexibility index (Phi) is 19.7. The minimum Gasteiger partial charge on any atom is -0.371 e. The molecule has 28 nitrogen and oxygen atoms in total. The number of ether oxygens (including phenoxy) is 4. The zero-order valence-corrected chi connectivity index (χ0v) is 54.1. The van der Waals surface area contributed by atoms with Crippen molar-refractivity contribution in [3.8, 4) is 45.3 Å². The minimum atomic E-state index is -0.452. The Morgan fingerprint density at radius 2 is 0.562 bits per heavy atom. The summed E-state index contributed by atoms with van der Waals surface area (Å²) in [7, 11) is 0. The fourth-order valence-corrected chi connectivity index (χ4v) is 13.8. The first-order valence-corrected chi connectivity index (χ1v) is 32.6. The minimum absolute atomic E-state index is 0.00313. The summed E-state index contributed by atoms with van der Waals surface area (Å²) in [5.74, 6) is 3.97. The van der Waals surface area contributed by atoms with E-state index < -0.39 is 19.7 Å². The van der Waals surface area contributed by atoms with Crippen molar-refractivity contribution in [2.45, 2.75) is 100 Å². The molecule has 12 heterocycles. The lowest BCUT2D eigenvalue weighted by molar-refractivity contribution is -0.385.